The van der Waals surface area contributed by atoms with Crippen molar-refractivity contribution in [2.24, 2.45) is 5.73 Å². The number of halogens is 1. The Kier molecular flexibility index (Phi) is 7.79. The third-order valence-corrected chi connectivity index (χ3v) is 3.87. The summed E-state index contributed by atoms with van der Waals surface area (Å²) in [6.07, 6.45) is 1.25. The van der Waals surface area contributed by atoms with Crippen LogP contribution < -0.4 is 11.1 Å². The molecule has 0 aliphatic heterocycles. The predicted molar refractivity (Wildman–Crippen MR) is 97.9 cm³/mol. The Labute approximate surface area is 144 Å². The van der Waals surface area contributed by atoms with Gasteiger partial charge in [-0.3, -0.25) is 4.79 Å². The van der Waals surface area contributed by atoms with Crippen molar-refractivity contribution < 1.29 is 4.79 Å². The van der Waals surface area contributed by atoms with Crippen LogP contribution in [0.1, 0.15) is 34.7 Å². The summed E-state index contributed by atoms with van der Waals surface area (Å²) in [5.41, 5.74) is 10.8. The molecule has 1 atom stereocenters. The highest BCUT2D eigenvalue weighted by Gasteiger charge is 2.08. The largest absolute Gasteiger partial charge is 0.354 e. The van der Waals surface area contributed by atoms with Gasteiger partial charge in [0.2, 0.25) is 5.91 Å². The summed E-state index contributed by atoms with van der Waals surface area (Å²) in [5, 5.41) is 2.92. The summed E-state index contributed by atoms with van der Waals surface area (Å²) in [5.74, 6) is 0.0476. The predicted octanol–water partition coefficient (Wildman–Crippen LogP) is 3.47. The van der Waals surface area contributed by atoms with Gasteiger partial charge in [-0.1, -0.05) is 54.1 Å². The zero-order chi connectivity index (χ0) is 15.9. The maximum atomic E-state index is 12.0. The highest BCUT2D eigenvalue weighted by atomic mass is 35.5. The molecular formula is C19H25ClN2O. The standard InChI is InChI=1S/C19H24N2O.ClH/c1-14-8-9-16(15(2)12-14)10-11-19(22)21-13-18(20)17-6-4-3-5-7-17;/h3-9,12,18H,10-11,13,20H2,1-2H3,(H,21,22);1H. The van der Waals surface area contributed by atoms with E-state index >= 15 is 0 Å². The van der Waals surface area contributed by atoms with Gasteiger partial charge < -0.3 is 11.1 Å². The first-order valence-corrected chi connectivity index (χ1v) is 7.69. The van der Waals surface area contributed by atoms with E-state index < -0.39 is 0 Å². The Morgan fingerprint density at radius 1 is 1.13 bits per heavy atom. The number of nitrogens with two attached hydrogens (primary N) is 1. The summed E-state index contributed by atoms with van der Waals surface area (Å²) in [4.78, 5) is 12.0. The average molecular weight is 333 g/mol. The number of aryl methyl sites for hydroxylation is 3. The second-order valence-electron chi connectivity index (χ2n) is 5.75. The van der Waals surface area contributed by atoms with Gasteiger partial charge in [0.25, 0.3) is 0 Å². The number of amides is 1. The summed E-state index contributed by atoms with van der Waals surface area (Å²) < 4.78 is 0. The van der Waals surface area contributed by atoms with Crippen LogP contribution in [0.25, 0.3) is 0 Å². The van der Waals surface area contributed by atoms with Crippen LogP contribution in [-0.2, 0) is 11.2 Å². The minimum absolute atomic E-state index is 0. The van der Waals surface area contributed by atoms with E-state index in [0.717, 1.165) is 12.0 Å². The maximum absolute atomic E-state index is 12.0. The van der Waals surface area contributed by atoms with Gasteiger partial charge in [0.05, 0.1) is 0 Å². The number of nitrogens with one attached hydrogen (secondary N) is 1. The second kappa shape index (κ2) is 9.33. The van der Waals surface area contributed by atoms with Crippen molar-refractivity contribution in [3.63, 3.8) is 0 Å². The van der Waals surface area contributed by atoms with Crippen LogP contribution in [0.15, 0.2) is 48.5 Å². The molecule has 2 rings (SSSR count). The lowest BCUT2D eigenvalue weighted by Gasteiger charge is -2.13. The molecule has 0 aromatic heterocycles. The normalized spacial score (nSPS) is 11.4. The topological polar surface area (TPSA) is 55.1 Å². The first kappa shape index (κ1) is 19.2. The van der Waals surface area contributed by atoms with E-state index in [1.54, 1.807) is 0 Å². The lowest BCUT2D eigenvalue weighted by molar-refractivity contribution is -0.121. The molecule has 0 bridgehead atoms. The second-order valence-corrected chi connectivity index (χ2v) is 5.75. The van der Waals surface area contributed by atoms with Crippen LogP contribution in [0.4, 0.5) is 0 Å². The fourth-order valence-corrected chi connectivity index (χ4v) is 2.50. The van der Waals surface area contributed by atoms with Gasteiger partial charge in [0, 0.05) is 19.0 Å². The molecule has 1 amide bonds. The fraction of sp³-hybridized carbons (Fsp3) is 0.316. The first-order chi connectivity index (χ1) is 10.6. The smallest absolute Gasteiger partial charge is 0.220 e. The SMILES string of the molecule is Cc1ccc(CCC(=O)NCC(N)c2ccccc2)c(C)c1.Cl. The number of carbonyl (C=O) groups excluding carboxylic acids is 1. The minimum atomic E-state index is -0.161. The summed E-state index contributed by atoms with van der Waals surface area (Å²) >= 11 is 0. The van der Waals surface area contributed by atoms with Crippen LogP contribution in [0.2, 0.25) is 0 Å². The Hall–Kier alpha value is -1.84. The van der Waals surface area contributed by atoms with E-state index in [-0.39, 0.29) is 24.4 Å². The molecule has 2 aromatic rings. The van der Waals surface area contributed by atoms with E-state index in [9.17, 15) is 4.79 Å². The van der Waals surface area contributed by atoms with Crippen molar-refractivity contribution in [1.82, 2.24) is 5.32 Å². The Bertz CT molecular complexity index is 629. The van der Waals surface area contributed by atoms with Crippen LogP contribution in [0.3, 0.4) is 0 Å². The molecule has 0 fully saturated rings. The molecule has 23 heavy (non-hydrogen) atoms. The maximum Gasteiger partial charge on any atom is 0.220 e. The van der Waals surface area contributed by atoms with Crippen LogP contribution in [0.5, 0.6) is 0 Å². The van der Waals surface area contributed by atoms with Crippen LogP contribution in [0, 0.1) is 13.8 Å². The lowest BCUT2D eigenvalue weighted by atomic mass is 10.0. The Morgan fingerprint density at radius 3 is 2.48 bits per heavy atom. The quantitative estimate of drug-likeness (QED) is 0.851. The van der Waals surface area contributed by atoms with Crippen molar-refractivity contribution in [3.05, 3.63) is 70.8 Å². The molecule has 2 aromatic carbocycles. The fourth-order valence-electron chi connectivity index (χ4n) is 2.50. The first-order valence-electron chi connectivity index (χ1n) is 7.69. The van der Waals surface area contributed by atoms with Crippen LogP contribution in [-0.4, -0.2) is 12.5 Å². The van der Waals surface area contributed by atoms with E-state index in [1.165, 1.54) is 16.7 Å². The van der Waals surface area contributed by atoms with Crippen LogP contribution >= 0.6 is 12.4 Å². The van der Waals surface area contributed by atoms with Crippen molar-refractivity contribution in [2.45, 2.75) is 32.7 Å². The molecule has 0 heterocycles. The summed E-state index contributed by atoms with van der Waals surface area (Å²) in [6.45, 7) is 4.63. The van der Waals surface area contributed by atoms with Gasteiger partial charge in [0.15, 0.2) is 0 Å². The van der Waals surface area contributed by atoms with Gasteiger partial charge in [0.1, 0.15) is 0 Å². The minimum Gasteiger partial charge on any atom is -0.354 e. The molecule has 3 nitrogen and oxygen atoms in total. The third-order valence-electron chi connectivity index (χ3n) is 3.87. The molecular weight excluding hydrogens is 308 g/mol. The third kappa shape index (κ3) is 6.05. The van der Waals surface area contributed by atoms with E-state index in [1.807, 2.05) is 30.3 Å². The van der Waals surface area contributed by atoms with Gasteiger partial charge in [-0.15, -0.1) is 12.4 Å². The van der Waals surface area contributed by atoms with Gasteiger partial charge in [-0.05, 0) is 37.0 Å². The molecule has 0 aliphatic rings. The molecule has 0 saturated heterocycles. The highest BCUT2D eigenvalue weighted by Crippen LogP contribution is 2.13. The molecule has 1 unspecified atom stereocenters. The van der Waals surface area contributed by atoms with Crippen molar-refractivity contribution in [1.29, 1.82) is 0 Å². The van der Waals surface area contributed by atoms with Gasteiger partial charge in [-0.25, -0.2) is 0 Å². The molecule has 4 heteroatoms. The van der Waals surface area contributed by atoms with Gasteiger partial charge >= 0.3 is 0 Å². The van der Waals surface area contributed by atoms with E-state index in [2.05, 4.69) is 37.4 Å². The average Bonchev–Trinajstić information content (AvgIpc) is 2.52. The zero-order valence-corrected chi connectivity index (χ0v) is 14.5. The summed E-state index contributed by atoms with van der Waals surface area (Å²) in [6, 6.07) is 16.0. The van der Waals surface area contributed by atoms with Gasteiger partial charge in [-0.2, -0.15) is 0 Å². The highest BCUT2D eigenvalue weighted by molar-refractivity contribution is 5.85. The Morgan fingerprint density at radius 2 is 1.83 bits per heavy atom. The van der Waals surface area contributed by atoms with E-state index in [4.69, 9.17) is 5.73 Å². The molecule has 124 valence electrons. The molecule has 0 radical (unpaired) electrons. The number of hydrogen-bond donors (Lipinski definition) is 2. The molecule has 0 spiro atoms. The number of benzene rings is 2. The molecule has 0 saturated carbocycles. The number of rotatable bonds is 6. The Balaban J connectivity index is 0.00000264. The van der Waals surface area contributed by atoms with Crippen molar-refractivity contribution >= 4 is 18.3 Å². The molecule has 0 aliphatic carbocycles. The summed E-state index contributed by atoms with van der Waals surface area (Å²) in [7, 11) is 0. The van der Waals surface area contributed by atoms with Crippen molar-refractivity contribution in [2.75, 3.05) is 6.54 Å². The number of hydrogen-bond acceptors (Lipinski definition) is 2. The zero-order valence-electron chi connectivity index (χ0n) is 13.7. The lowest BCUT2D eigenvalue weighted by Crippen LogP contribution is -2.32. The van der Waals surface area contributed by atoms with Crippen molar-refractivity contribution in [3.8, 4) is 0 Å². The molecule has 3 N–H and O–H groups in total. The monoisotopic (exact) mass is 332 g/mol. The number of carbonyl (C=O) groups is 1. The van der Waals surface area contributed by atoms with E-state index in [0.29, 0.717) is 13.0 Å².